The highest BCUT2D eigenvalue weighted by Gasteiger charge is 2.31. The molecule has 0 aliphatic carbocycles. The van der Waals surface area contributed by atoms with Gasteiger partial charge in [0, 0.05) is 37.6 Å². The van der Waals surface area contributed by atoms with Gasteiger partial charge in [0.25, 0.3) is 0 Å². The number of benzene rings is 2. The summed E-state index contributed by atoms with van der Waals surface area (Å²) in [4.78, 5) is 24.1. The van der Waals surface area contributed by atoms with Crippen molar-refractivity contribution in [3.8, 4) is 11.5 Å². The molecule has 7 nitrogen and oxygen atoms in total. The van der Waals surface area contributed by atoms with Gasteiger partial charge in [0.05, 0.1) is 31.6 Å². The van der Waals surface area contributed by atoms with Crippen LogP contribution in [0.3, 0.4) is 0 Å². The lowest BCUT2D eigenvalue weighted by Crippen LogP contribution is -2.56. The summed E-state index contributed by atoms with van der Waals surface area (Å²) in [5, 5.41) is 0. The Hall–Kier alpha value is -3.62. The number of nitrogens with zero attached hydrogens (tertiary/aromatic N) is 3. The van der Waals surface area contributed by atoms with Crippen LogP contribution in [-0.4, -0.2) is 60.2 Å². The SMILES string of the molecule is COc1ccc(N2CCN(C(=O)Cc3c[nH]cn3)[C@@H](Cc3ccccc3)C2)cc1OC(F)F. The van der Waals surface area contributed by atoms with Crippen molar-refractivity contribution in [2.75, 3.05) is 31.6 Å². The third kappa shape index (κ3) is 5.60. The van der Waals surface area contributed by atoms with E-state index in [1.54, 1.807) is 24.7 Å². The number of hydrogen-bond acceptors (Lipinski definition) is 5. The van der Waals surface area contributed by atoms with Crippen LogP contribution in [0.5, 0.6) is 11.5 Å². The predicted octanol–water partition coefficient (Wildman–Crippen LogP) is 3.52. The Bertz CT molecular complexity index is 1050. The van der Waals surface area contributed by atoms with Crippen LogP contribution < -0.4 is 14.4 Å². The summed E-state index contributed by atoms with van der Waals surface area (Å²) in [5.41, 5.74) is 2.56. The maximum atomic E-state index is 13.1. The van der Waals surface area contributed by atoms with E-state index in [0.717, 1.165) is 11.3 Å². The molecule has 0 radical (unpaired) electrons. The van der Waals surface area contributed by atoms with Crippen LogP contribution in [-0.2, 0) is 17.6 Å². The first-order valence-electron chi connectivity index (χ1n) is 10.7. The molecule has 0 spiro atoms. The number of piperazine rings is 1. The fraction of sp³-hybridized carbons (Fsp3) is 0.333. The molecule has 1 aliphatic rings. The lowest BCUT2D eigenvalue weighted by Gasteiger charge is -2.43. The highest BCUT2D eigenvalue weighted by atomic mass is 19.3. The van der Waals surface area contributed by atoms with Gasteiger partial charge < -0.3 is 24.3 Å². The van der Waals surface area contributed by atoms with E-state index in [4.69, 9.17) is 4.74 Å². The maximum absolute atomic E-state index is 13.1. The van der Waals surface area contributed by atoms with E-state index >= 15 is 0 Å². The lowest BCUT2D eigenvalue weighted by atomic mass is 10.0. The number of carbonyl (C=O) groups excluding carboxylic acids is 1. The highest BCUT2D eigenvalue weighted by Crippen LogP contribution is 2.34. The minimum atomic E-state index is -2.95. The standard InChI is InChI=1S/C24H26F2N4O3/c1-32-21-8-7-19(13-22(21)33-24(25)26)29-9-10-30(23(31)12-18-14-27-16-28-18)20(15-29)11-17-5-3-2-4-6-17/h2-8,13-14,16,20,24H,9-12,15H2,1H3,(H,27,28)/t20-/m0/s1. The smallest absolute Gasteiger partial charge is 0.387 e. The van der Waals surface area contributed by atoms with Gasteiger partial charge in [-0.1, -0.05) is 30.3 Å². The molecule has 0 saturated carbocycles. The molecule has 33 heavy (non-hydrogen) atoms. The molecular weight excluding hydrogens is 430 g/mol. The van der Waals surface area contributed by atoms with Gasteiger partial charge >= 0.3 is 6.61 Å². The molecule has 1 aromatic heterocycles. The Morgan fingerprint density at radius 2 is 2.00 bits per heavy atom. The fourth-order valence-corrected chi connectivity index (χ4v) is 4.17. The summed E-state index contributed by atoms with van der Waals surface area (Å²) in [6.45, 7) is -1.31. The molecule has 2 heterocycles. The number of aromatic nitrogens is 2. The minimum Gasteiger partial charge on any atom is -0.493 e. The number of carbonyl (C=O) groups is 1. The minimum absolute atomic E-state index is 0.0124. The van der Waals surface area contributed by atoms with E-state index in [1.165, 1.54) is 7.11 Å². The van der Waals surface area contributed by atoms with Crippen LogP contribution in [0.4, 0.5) is 14.5 Å². The van der Waals surface area contributed by atoms with E-state index in [2.05, 4.69) is 19.6 Å². The van der Waals surface area contributed by atoms with Crippen LogP contribution in [0.1, 0.15) is 11.3 Å². The van der Waals surface area contributed by atoms with Crippen LogP contribution in [0.15, 0.2) is 61.1 Å². The van der Waals surface area contributed by atoms with Gasteiger partial charge in [-0.15, -0.1) is 0 Å². The molecule has 3 aromatic rings. The van der Waals surface area contributed by atoms with Gasteiger partial charge in [-0.2, -0.15) is 8.78 Å². The molecule has 1 amide bonds. The number of alkyl halides is 2. The third-order valence-corrected chi connectivity index (χ3v) is 5.73. The summed E-state index contributed by atoms with van der Waals surface area (Å²) in [7, 11) is 1.41. The number of ether oxygens (including phenoxy) is 2. The zero-order chi connectivity index (χ0) is 23.2. The molecule has 2 aromatic carbocycles. The van der Waals surface area contributed by atoms with Gasteiger partial charge in [0.15, 0.2) is 11.5 Å². The van der Waals surface area contributed by atoms with E-state index in [-0.39, 0.29) is 29.9 Å². The number of amides is 1. The van der Waals surface area contributed by atoms with Crippen LogP contribution in [0.2, 0.25) is 0 Å². The molecule has 9 heteroatoms. The van der Waals surface area contributed by atoms with Crippen molar-refractivity contribution in [3.63, 3.8) is 0 Å². The Morgan fingerprint density at radius 3 is 2.70 bits per heavy atom. The average Bonchev–Trinajstić information content (AvgIpc) is 3.32. The van der Waals surface area contributed by atoms with Crippen molar-refractivity contribution in [3.05, 3.63) is 72.3 Å². The third-order valence-electron chi connectivity index (χ3n) is 5.73. The van der Waals surface area contributed by atoms with Crippen molar-refractivity contribution >= 4 is 11.6 Å². The maximum Gasteiger partial charge on any atom is 0.387 e. The van der Waals surface area contributed by atoms with Crippen LogP contribution in [0.25, 0.3) is 0 Å². The van der Waals surface area contributed by atoms with Crippen molar-refractivity contribution in [1.82, 2.24) is 14.9 Å². The number of methoxy groups -OCH3 is 1. The van der Waals surface area contributed by atoms with Gasteiger partial charge in [-0.3, -0.25) is 4.79 Å². The van der Waals surface area contributed by atoms with Crippen molar-refractivity contribution in [1.29, 1.82) is 0 Å². The number of aromatic amines is 1. The molecule has 1 atom stereocenters. The molecule has 174 valence electrons. The number of anilines is 1. The second-order valence-electron chi connectivity index (χ2n) is 7.83. The molecule has 1 N–H and O–H groups in total. The highest BCUT2D eigenvalue weighted by molar-refractivity contribution is 5.79. The van der Waals surface area contributed by atoms with Gasteiger partial charge in [0.1, 0.15) is 0 Å². The monoisotopic (exact) mass is 456 g/mol. The number of hydrogen-bond donors (Lipinski definition) is 1. The number of halogens is 2. The number of H-pyrrole nitrogens is 1. The normalized spacial score (nSPS) is 16.2. The quantitative estimate of drug-likeness (QED) is 0.562. The number of imidazole rings is 1. The first kappa shape index (κ1) is 22.6. The fourth-order valence-electron chi connectivity index (χ4n) is 4.17. The van der Waals surface area contributed by atoms with Gasteiger partial charge in [0.2, 0.25) is 5.91 Å². The van der Waals surface area contributed by atoms with E-state index < -0.39 is 6.61 Å². The van der Waals surface area contributed by atoms with Crippen molar-refractivity contribution in [2.24, 2.45) is 0 Å². The largest absolute Gasteiger partial charge is 0.493 e. The molecule has 1 saturated heterocycles. The lowest BCUT2D eigenvalue weighted by molar-refractivity contribution is -0.133. The van der Waals surface area contributed by atoms with E-state index in [0.29, 0.717) is 31.7 Å². The molecular formula is C24H26F2N4O3. The van der Waals surface area contributed by atoms with Crippen molar-refractivity contribution in [2.45, 2.75) is 25.5 Å². The molecule has 0 unspecified atom stereocenters. The van der Waals surface area contributed by atoms with Crippen molar-refractivity contribution < 1.29 is 23.0 Å². The summed E-state index contributed by atoms with van der Waals surface area (Å²) < 4.78 is 35.5. The Morgan fingerprint density at radius 1 is 1.18 bits per heavy atom. The molecule has 4 rings (SSSR count). The average molecular weight is 456 g/mol. The Labute approximate surface area is 190 Å². The van der Waals surface area contributed by atoms with E-state index in [1.807, 2.05) is 41.3 Å². The molecule has 1 fully saturated rings. The topological polar surface area (TPSA) is 70.7 Å². The second kappa shape index (κ2) is 10.3. The molecule has 1 aliphatic heterocycles. The summed E-state index contributed by atoms with van der Waals surface area (Å²) >= 11 is 0. The van der Waals surface area contributed by atoms with Crippen LogP contribution >= 0.6 is 0 Å². The second-order valence-corrected chi connectivity index (χ2v) is 7.83. The number of nitrogens with one attached hydrogen (secondary N) is 1. The predicted molar refractivity (Wildman–Crippen MR) is 120 cm³/mol. The van der Waals surface area contributed by atoms with Gasteiger partial charge in [-0.05, 0) is 24.1 Å². The first-order valence-corrected chi connectivity index (χ1v) is 10.7. The number of rotatable bonds is 8. The van der Waals surface area contributed by atoms with Crippen LogP contribution in [0, 0.1) is 0 Å². The van der Waals surface area contributed by atoms with E-state index in [9.17, 15) is 13.6 Å². The zero-order valence-electron chi connectivity index (χ0n) is 18.3. The molecule has 0 bridgehead atoms. The van der Waals surface area contributed by atoms with Gasteiger partial charge in [-0.25, -0.2) is 4.98 Å². The summed E-state index contributed by atoms with van der Waals surface area (Å²) in [6.07, 6.45) is 4.19. The zero-order valence-corrected chi connectivity index (χ0v) is 18.3. The summed E-state index contributed by atoms with van der Waals surface area (Å²) in [5.74, 6) is 0.244. The summed E-state index contributed by atoms with van der Waals surface area (Å²) in [6, 6.07) is 14.9. The Balaban J connectivity index is 1.56. The Kier molecular flexibility index (Phi) is 7.07. The first-order chi connectivity index (χ1) is 16.0.